The zero-order valence-corrected chi connectivity index (χ0v) is 21.5. The molecular weight excluding hydrogens is 412 g/mol. The molecule has 0 saturated heterocycles. The van der Waals surface area contributed by atoms with Gasteiger partial charge in [0.05, 0.1) is 24.3 Å². The smallest absolute Gasteiger partial charge is 0.338 e. The van der Waals surface area contributed by atoms with Gasteiger partial charge in [-0.2, -0.15) is 0 Å². The summed E-state index contributed by atoms with van der Waals surface area (Å²) in [5.74, 6) is -0.376. The number of benzene rings is 1. The molecule has 33 heavy (non-hydrogen) atoms. The van der Waals surface area contributed by atoms with Gasteiger partial charge in [-0.3, -0.25) is 0 Å². The molecule has 0 aromatic heterocycles. The highest BCUT2D eigenvalue weighted by Crippen LogP contribution is 2.14. The second-order valence-electron chi connectivity index (χ2n) is 9.24. The van der Waals surface area contributed by atoms with Crippen molar-refractivity contribution in [3.05, 3.63) is 35.4 Å². The Bertz CT molecular complexity index is 636. The van der Waals surface area contributed by atoms with Crippen molar-refractivity contribution < 1.29 is 19.1 Å². The van der Waals surface area contributed by atoms with Crippen molar-refractivity contribution in [3.63, 3.8) is 0 Å². The van der Waals surface area contributed by atoms with Crippen molar-refractivity contribution >= 4 is 11.9 Å². The Morgan fingerprint density at radius 2 is 1.12 bits per heavy atom. The predicted molar refractivity (Wildman–Crippen MR) is 137 cm³/mol. The summed E-state index contributed by atoms with van der Waals surface area (Å²) in [5, 5.41) is 0. The fourth-order valence-electron chi connectivity index (χ4n) is 3.94. The van der Waals surface area contributed by atoms with Crippen LogP contribution in [-0.4, -0.2) is 25.2 Å². The molecule has 4 heteroatoms. The molecular formula is C29H48O4. The number of carbonyl (C=O) groups is 2. The molecule has 0 atom stereocenters. The summed E-state index contributed by atoms with van der Waals surface area (Å²) in [4.78, 5) is 24.6. The van der Waals surface area contributed by atoms with Crippen molar-refractivity contribution in [3.8, 4) is 0 Å². The molecule has 0 unspecified atom stereocenters. The van der Waals surface area contributed by atoms with Crippen molar-refractivity contribution in [1.82, 2.24) is 0 Å². The summed E-state index contributed by atoms with van der Waals surface area (Å²) in [6.45, 7) is 7.30. The van der Waals surface area contributed by atoms with Gasteiger partial charge in [0.25, 0.3) is 0 Å². The summed E-state index contributed by atoms with van der Waals surface area (Å²) in [7, 11) is 0. The lowest BCUT2D eigenvalue weighted by molar-refractivity contribution is 0.0433. The van der Waals surface area contributed by atoms with Crippen LogP contribution in [0.3, 0.4) is 0 Å². The van der Waals surface area contributed by atoms with Gasteiger partial charge in [-0.05, 0) is 30.5 Å². The lowest BCUT2D eigenvalue weighted by Gasteiger charge is -2.13. The van der Waals surface area contributed by atoms with Crippen LogP contribution < -0.4 is 0 Å². The Balaban J connectivity index is 2.12. The van der Waals surface area contributed by atoms with E-state index < -0.39 is 0 Å². The number of ether oxygens (including phenoxy) is 2. The summed E-state index contributed by atoms with van der Waals surface area (Å²) in [5.41, 5.74) is 0.804. The molecule has 1 rings (SSSR count). The van der Waals surface area contributed by atoms with Crippen LogP contribution in [0.2, 0.25) is 0 Å². The number of esters is 2. The highest BCUT2D eigenvalue weighted by atomic mass is 16.5. The van der Waals surface area contributed by atoms with Crippen molar-refractivity contribution in [2.24, 2.45) is 5.92 Å². The first-order valence-corrected chi connectivity index (χ1v) is 13.6. The molecule has 0 spiro atoms. The number of hydrogen-bond acceptors (Lipinski definition) is 4. The van der Waals surface area contributed by atoms with Crippen molar-refractivity contribution in [1.29, 1.82) is 0 Å². The van der Waals surface area contributed by atoms with Gasteiger partial charge in [-0.25, -0.2) is 9.59 Å². The summed E-state index contributed by atoms with van der Waals surface area (Å²) in [6.07, 6.45) is 18.7. The average molecular weight is 461 g/mol. The SMILES string of the molecule is CCCCCCCCCCCCCCCOC(=O)c1cccc(C(=O)OCC(CC)CC)c1. The third kappa shape index (κ3) is 14.1. The second-order valence-corrected chi connectivity index (χ2v) is 9.24. The Morgan fingerprint density at radius 1 is 0.667 bits per heavy atom. The van der Waals surface area contributed by atoms with Gasteiger partial charge in [-0.15, -0.1) is 0 Å². The monoisotopic (exact) mass is 460 g/mol. The maximum absolute atomic E-state index is 12.3. The van der Waals surface area contributed by atoms with Crippen LogP contribution in [0.1, 0.15) is 138 Å². The van der Waals surface area contributed by atoms with Gasteiger partial charge in [0.1, 0.15) is 0 Å². The third-order valence-electron chi connectivity index (χ3n) is 6.42. The molecule has 0 heterocycles. The fraction of sp³-hybridized carbons (Fsp3) is 0.724. The van der Waals surface area contributed by atoms with Crippen molar-refractivity contribution in [2.45, 2.75) is 117 Å². The lowest BCUT2D eigenvalue weighted by Crippen LogP contribution is -2.14. The molecule has 1 aromatic rings. The molecule has 0 radical (unpaired) electrons. The Kier molecular flexibility index (Phi) is 17.4. The van der Waals surface area contributed by atoms with E-state index in [1.807, 2.05) is 0 Å². The van der Waals surface area contributed by atoms with Crippen LogP contribution in [0.5, 0.6) is 0 Å². The van der Waals surface area contributed by atoms with E-state index in [9.17, 15) is 9.59 Å². The van der Waals surface area contributed by atoms with Crippen LogP contribution in [-0.2, 0) is 9.47 Å². The molecule has 1 aromatic carbocycles. The largest absolute Gasteiger partial charge is 0.462 e. The quantitative estimate of drug-likeness (QED) is 0.144. The molecule has 4 nitrogen and oxygen atoms in total. The van der Waals surface area contributed by atoms with E-state index in [1.54, 1.807) is 24.3 Å². The standard InChI is InChI=1S/C29H48O4/c1-4-7-8-9-10-11-12-13-14-15-16-17-18-22-32-28(30)26-20-19-21-27(23-26)29(31)33-24-25(5-2)6-3/h19-21,23,25H,4-18,22,24H2,1-3H3. The van der Waals surface area contributed by atoms with E-state index in [0.29, 0.717) is 30.3 Å². The minimum absolute atomic E-state index is 0.372. The minimum Gasteiger partial charge on any atom is -0.462 e. The van der Waals surface area contributed by atoms with Crippen molar-refractivity contribution in [2.75, 3.05) is 13.2 Å². The molecule has 0 aliphatic rings. The van der Waals surface area contributed by atoms with Crippen LogP contribution >= 0.6 is 0 Å². The Labute approximate surface area is 202 Å². The first-order chi connectivity index (χ1) is 16.1. The van der Waals surface area contributed by atoms with E-state index in [0.717, 1.165) is 25.7 Å². The van der Waals surface area contributed by atoms with Crippen LogP contribution in [0.4, 0.5) is 0 Å². The van der Waals surface area contributed by atoms with E-state index >= 15 is 0 Å². The van der Waals surface area contributed by atoms with Gasteiger partial charge in [-0.1, -0.05) is 117 Å². The van der Waals surface area contributed by atoms with E-state index in [4.69, 9.17) is 9.47 Å². The molecule has 0 aliphatic carbocycles. The highest BCUT2D eigenvalue weighted by Gasteiger charge is 2.14. The molecule has 0 saturated carbocycles. The van der Waals surface area contributed by atoms with E-state index in [2.05, 4.69) is 20.8 Å². The van der Waals surface area contributed by atoms with Gasteiger partial charge in [0.15, 0.2) is 0 Å². The van der Waals surface area contributed by atoms with Crippen LogP contribution in [0, 0.1) is 5.92 Å². The van der Waals surface area contributed by atoms with E-state index in [1.165, 1.54) is 70.6 Å². The predicted octanol–water partition coefficient (Wildman–Crippen LogP) is 8.53. The van der Waals surface area contributed by atoms with Gasteiger partial charge >= 0.3 is 11.9 Å². The molecule has 0 fully saturated rings. The average Bonchev–Trinajstić information content (AvgIpc) is 2.84. The van der Waals surface area contributed by atoms with E-state index in [-0.39, 0.29) is 11.9 Å². The maximum atomic E-state index is 12.3. The first-order valence-electron chi connectivity index (χ1n) is 13.6. The zero-order valence-electron chi connectivity index (χ0n) is 21.5. The number of carbonyl (C=O) groups excluding carboxylic acids is 2. The molecule has 0 N–H and O–H groups in total. The number of rotatable bonds is 20. The fourth-order valence-corrected chi connectivity index (χ4v) is 3.94. The van der Waals surface area contributed by atoms with Crippen LogP contribution in [0.15, 0.2) is 24.3 Å². The van der Waals surface area contributed by atoms with Crippen LogP contribution in [0.25, 0.3) is 0 Å². The number of unbranched alkanes of at least 4 members (excludes halogenated alkanes) is 12. The summed E-state index contributed by atoms with van der Waals surface area (Å²) >= 11 is 0. The highest BCUT2D eigenvalue weighted by molar-refractivity contribution is 5.95. The van der Waals surface area contributed by atoms with Gasteiger partial charge in [0, 0.05) is 0 Å². The minimum atomic E-state index is -0.381. The summed E-state index contributed by atoms with van der Waals surface area (Å²) in [6, 6.07) is 6.64. The summed E-state index contributed by atoms with van der Waals surface area (Å²) < 4.78 is 10.8. The Hall–Kier alpha value is -1.84. The normalized spacial score (nSPS) is 11.0. The zero-order chi connectivity index (χ0) is 24.2. The van der Waals surface area contributed by atoms with Gasteiger partial charge in [0.2, 0.25) is 0 Å². The number of hydrogen-bond donors (Lipinski definition) is 0. The molecule has 0 amide bonds. The second kappa shape index (κ2) is 19.6. The topological polar surface area (TPSA) is 52.6 Å². The van der Waals surface area contributed by atoms with Gasteiger partial charge < -0.3 is 9.47 Å². The third-order valence-corrected chi connectivity index (χ3v) is 6.42. The molecule has 0 bridgehead atoms. The first kappa shape index (κ1) is 29.2. The molecule has 188 valence electrons. The lowest BCUT2D eigenvalue weighted by atomic mass is 10.0. The maximum Gasteiger partial charge on any atom is 0.338 e. The molecule has 0 aliphatic heterocycles. The Morgan fingerprint density at radius 3 is 1.61 bits per heavy atom.